The lowest BCUT2D eigenvalue weighted by atomic mass is 9.97. The van der Waals surface area contributed by atoms with Crippen LogP contribution in [0.1, 0.15) is 38.0 Å². The second-order valence-corrected chi connectivity index (χ2v) is 7.71. The van der Waals surface area contributed by atoms with E-state index in [-0.39, 0.29) is 11.2 Å². The first-order valence-electron chi connectivity index (χ1n) is 8.86. The smallest absolute Gasteiger partial charge is 0.329 e. The summed E-state index contributed by atoms with van der Waals surface area (Å²) in [5, 5.41) is 6.73. The highest BCUT2D eigenvalue weighted by Crippen LogP contribution is 2.27. The van der Waals surface area contributed by atoms with Gasteiger partial charge in [0.15, 0.2) is 5.82 Å². The summed E-state index contributed by atoms with van der Waals surface area (Å²) >= 11 is 0. The molecule has 0 radical (unpaired) electrons. The van der Waals surface area contributed by atoms with E-state index in [9.17, 15) is 13.2 Å². The molecule has 0 bridgehead atoms. The number of halogens is 3. The van der Waals surface area contributed by atoms with E-state index in [0.717, 1.165) is 36.2 Å². The Labute approximate surface area is 160 Å². The Kier molecular flexibility index (Phi) is 5.55. The first-order chi connectivity index (χ1) is 13.1. The van der Waals surface area contributed by atoms with Gasteiger partial charge in [-0.05, 0) is 29.2 Å². The minimum Gasteiger partial charge on any atom is -0.329 e. The van der Waals surface area contributed by atoms with Gasteiger partial charge in [-0.3, -0.25) is 0 Å². The number of nitrogens with zero attached hydrogens (tertiary/aromatic N) is 4. The third kappa shape index (κ3) is 5.19. The predicted octanol–water partition coefficient (Wildman–Crippen LogP) is 4.24. The Morgan fingerprint density at radius 1 is 1.18 bits per heavy atom. The molecular formula is C19H22F3N5O. The lowest BCUT2D eigenvalue weighted by molar-refractivity contribution is -0.159. The maximum Gasteiger partial charge on any atom is 0.471 e. The van der Waals surface area contributed by atoms with Crippen LogP contribution in [0.25, 0.3) is 23.2 Å². The van der Waals surface area contributed by atoms with Crippen molar-refractivity contribution in [1.82, 2.24) is 25.0 Å². The lowest BCUT2D eigenvalue weighted by Crippen LogP contribution is -2.29. The molecule has 0 aliphatic heterocycles. The molecule has 6 nitrogen and oxygen atoms in total. The van der Waals surface area contributed by atoms with Crippen LogP contribution in [-0.4, -0.2) is 32.8 Å². The first-order valence-corrected chi connectivity index (χ1v) is 8.86. The molecule has 3 rings (SSSR count). The van der Waals surface area contributed by atoms with Crippen LogP contribution < -0.4 is 5.32 Å². The standard InChI is InChI=1S/C19H22F3N5O/c1-18(2,3)11-23-8-9-27-12-24-14-10-13(4-6-15(14)27)5-7-16-25-17(28-26-16)19(20,21)22/h4-7,10,12,23H,8-9,11H2,1-3H3/b7-5+. The van der Waals surface area contributed by atoms with Gasteiger partial charge in [-0.15, -0.1) is 0 Å². The maximum absolute atomic E-state index is 12.5. The highest BCUT2D eigenvalue weighted by molar-refractivity contribution is 5.80. The summed E-state index contributed by atoms with van der Waals surface area (Å²) in [4.78, 5) is 7.71. The Morgan fingerprint density at radius 3 is 2.64 bits per heavy atom. The zero-order valence-electron chi connectivity index (χ0n) is 15.9. The van der Waals surface area contributed by atoms with Crippen LogP contribution in [0, 0.1) is 5.41 Å². The van der Waals surface area contributed by atoms with E-state index in [4.69, 9.17) is 0 Å². The fourth-order valence-electron chi connectivity index (χ4n) is 2.61. The van der Waals surface area contributed by atoms with Crippen LogP contribution in [-0.2, 0) is 12.7 Å². The average Bonchev–Trinajstić information content (AvgIpc) is 3.22. The molecule has 2 heterocycles. The second-order valence-electron chi connectivity index (χ2n) is 7.71. The summed E-state index contributed by atoms with van der Waals surface area (Å²) < 4.78 is 43.7. The highest BCUT2D eigenvalue weighted by atomic mass is 19.4. The Bertz CT molecular complexity index is 966. The molecule has 0 fully saturated rings. The molecular weight excluding hydrogens is 371 g/mol. The molecule has 150 valence electrons. The molecule has 0 saturated carbocycles. The van der Waals surface area contributed by atoms with Crippen molar-refractivity contribution in [3.63, 3.8) is 0 Å². The van der Waals surface area contributed by atoms with E-state index in [1.54, 1.807) is 12.4 Å². The summed E-state index contributed by atoms with van der Waals surface area (Å²) in [6.07, 6.45) is 0.125. The van der Waals surface area contributed by atoms with Gasteiger partial charge in [-0.25, -0.2) is 4.98 Å². The van der Waals surface area contributed by atoms with Gasteiger partial charge in [0.25, 0.3) is 0 Å². The van der Waals surface area contributed by atoms with Gasteiger partial charge < -0.3 is 14.4 Å². The number of hydrogen-bond acceptors (Lipinski definition) is 5. The molecule has 0 saturated heterocycles. The molecule has 0 atom stereocenters. The summed E-state index contributed by atoms with van der Waals surface area (Å²) in [5.74, 6) is -1.50. The Morgan fingerprint density at radius 2 is 1.96 bits per heavy atom. The van der Waals surface area contributed by atoms with Crippen LogP contribution in [0.2, 0.25) is 0 Å². The van der Waals surface area contributed by atoms with Gasteiger partial charge >= 0.3 is 12.1 Å². The molecule has 0 unspecified atom stereocenters. The third-order valence-electron chi connectivity index (χ3n) is 3.94. The molecule has 0 aliphatic carbocycles. The number of alkyl halides is 3. The maximum atomic E-state index is 12.5. The quantitative estimate of drug-likeness (QED) is 0.635. The fourth-order valence-corrected chi connectivity index (χ4v) is 2.61. The number of fused-ring (bicyclic) bond motifs is 1. The van der Waals surface area contributed by atoms with Crippen molar-refractivity contribution >= 4 is 23.2 Å². The van der Waals surface area contributed by atoms with E-state index < -0.39 is 12.1 Å². The third-order valence-corrected chi connectivity index (χ3v) is 3.94. The largest absolute Gasteiger partial charge is 0.471 e. The van der Waals surface area contributed by atoms with E-state index in [1.807, 2.05) is 18.2 Å². The number of benzene rings is 1. The number of imidazole rings is 1. The molecule has 1 aromatic carbocycles. The lowest BCUT2D eigenvalue weighted by Gasteiger charge is -2.18. The zero-order valence-corrected chi connectivity index (χ0v) is 15.9. The molecule has 28 heavy (non-hydrogen) atoms. The normalized spacial score (nSPS) is 13.1. The van der Waals surface area contributed by atoms with Crippen LogP contribution in [0.3, 0.4) is 0 Å². The molecule has 0 spiro atoms. The molecule has 9 heteroatoms. The second kappa shape index (κ2) is 7.75. The predicted molar refractivity (Wildman–Crippen MR) is 100 cm³/mol. The van der Waals surface area contributed by atoms with E-state index in [0.29, 0.717) is 0 Å². The van der Waals surface area contributed by atoms with Gasteiger partial charge in [-0.2, -0.15) is 18.2 Å². The van der Waals surface area contributed by atoms with Crippen LogP contribution in [0.5, 0.6) is 0 Å². The van der Waals surface area contributed by atoms with Crippen molar-refractivity contribution in [3.05, 3.63) is 41.8 Å². The summed E-state index contributed by atoms with van der Waals surface area (Å²) in [6.45, 7) is 9.11. The van der Waals surface area contributed by atoms with Crippen molar-refractivity contribution in [2.45, 2.75) is 33.5 Å². The van der Waals surface area contributed by atoms with E-state index >= 15 is 0 Å². The fraction of sp³-hybridized carbons (Fsp3) is 0.421. The molecule has 3 aromatic rings. The summed E-state index contributed by atoms with van der Waals surface area (Å²) in [5.41, 5.74) is 2.82. The van der Waals surface area contributed by atoms with Crippen LogP contribution in [0.4, 0.5) is 13.2 Å². The Balaban J connectivity index is 1.66. The van der Waals surface area contributed by atoms with Crippen molar-refractivity contribution in [2.75, 3.05) is 13.1 Å². The number of rotatable bonds is 6. The molecule has 1 N–H and O–H groups in total. The SMILES string of the molecule is CC(C)(C)CNCCn1cnc2cc(/C=C/c3noc(C(F)(F)F)n3)ccc21. The molecule has 0 amide bonds. The van der Waals surface area contributed by atoms with Gasteiger partial charge in [0.2, 0.25) is 0 Å². The topological polar surface area (TPSA) is 68.8 Å². The summed E-state index contributed by atoms with van der Waals surface area (Å²) in [6, 6.07) is 5.66. The van der Waals surface area contributed by atoms with Crippen LogP contribution >= 0.6 is 0 Å². The molecule has 0 aliphatic rings. The minimum atomic E-state index is -4.65. The van der Waals surface area contributed by atoms with Crippen LogP contribution in [0.15, 0.2) is 29.0 Å². The van der Waals surface area contributed by atoms with Crippen molar-refractivity contribution in [3.8, 4) is 0 Å². The monoisotopic (exact) mass is 393 g/mol. The number of hydrogen-bond donors (Lipinski definition) is 1. The van der Waals surface area contributed by atoms with Crippen molar-refractivity contribution in [1.29, 1.82) is 0 Å². The van der Waals surface area contributed by atoms with Gasteiger partial charge in [0.05, 0.1) is 17.4 Å². The Hall–Kier alpha value is -2.68. The number of nitrogens with one attached hydrogen (secondary N) is 1. The summed E-state index contributed by atoms with van der Waals surface area (Å²) in [7, 11) is 0. The van der Waals surface area contributed by atoms with Gasteiger partial charge in [-0.1, -0.05) is 38.1 Å². The van der Waals surface area contributed by atoms with Crippen molar-refractivity contribution in [2.24, 2.45) is 5.41 Å². The highest BCUT2D eigenvalue weighted by Gasteiger charge is 2.38. The minimum absolute atomic E-state index is 0.136. The van der Waals surface area contributed by atoms with E-state index in [2.05, 4.69) is 50.3 Å². The molecule has 2 aromatic heterocycles. The zero-order chi connectivity index (χ0) is 20.4. The van der Waals surface area contributed by atoms with Crippen molar-refractivity contribution < 1.29 is 17.7 Å². The number of aromatic nitrogens is 4. The first kappa shape index (κ1) is 20.1. The average molecular weight is 393 g/mol. The van der Waals surface area contributed by atoms with Gasteiger partial charge in [0.1, 0.15) is 0 Å². The van der Waals surface area contributed by atoms with Gasteiger partial charge in [0, 0.05) is 19.6 Å². The van der Waals surface area contributed by atoms with E-state index in [1.165, 1.54) is 6.08 Å².